The van der Waals surface area contributed by atoms with E-state index in [2.05, 4.69) is 10.6 Å². The Bertz CT molecular complexity index is 1180. The second-order valence-electron chi connectivity index (χ2n) is 7.51. The van der Waals surface area contributed by atoms with Crippen molar-refractivity contribution in [2.24, 2.45) is 0 Å². The molecule has 4 rings (SSSR count). The number of rotatable bonds is 4. The van der Waals surface area contributed by atoms with Crippen LogP contribution in [0.15, 0.2) is 64.7 Å². The molecular formula is C23H20N2O6. The van der Waals surface area contributed by atoms with Gasteiger partial charge in [0.1, 0.15) is 5.58 Å². The number of para-hydroxylation sites is 1. The van der Waals surface area contributed by atoms with Crippen LogP contribution in [0, 0.1) is 6.92 Å². The summed E-state index contributed by atoms with van der Waals surface area (Å²) in [7, 11) is 0. The molecule has 2 heterocycles. The van der Waals surface area contributed by atoms with Crippen molar-refractivity contribution >= 4 is 40.2 Å². The van der Waals surface area contributed by atoms with Crippen LogP contribution < -0.4 is 10.6 Å². The van der Waals surface area contributed by atoms with Crippen LogP contribution in [0.25, 0.3) is 11.0 Å². The van der Waals surface area contributed by atoms with Gasteiger partial charge in [0.05, 0.1) is 0 Å². The van der Waals surface area contributed by atoms with E-state index in [1.54, 1.807) is 30.3 Å². The molecule has 0 atom stereocenters. The Balaban J connectivity index is 1.46. The lowest BCUT2D eigenvalue weighted by molar-refractivity contribution is -0.222. The van der Waals surface area contributed by atoms with Crippen molar-refractivity contribution in [3.63, 3.8) is 0 Å². The molecule has 1 saturated heterocycles. The minimum Gasteiger partial charge on any atom is -0.451 e. The minimum atomic E-state index is -1.29. The van der Waals surface area contributed by atoms with Crippen molar-refractivity contribution in [1.82, 2.24) is 0 Å². The van der Waals surface area contributed by atoms with Gasteiger partial charge in [0.2, 0.25) is 0 Å². The van der Waals surface area contributed by atoms with Gasteiger partial charge >= 0.3 is 11.9 Å². The molecule has 3 aromatic rings. The molecule has 8 heteroatoms. The molecule has 158 valence electrons. The van der Waals surface area contributed by atoms with Crippen LogP contribution in [0.2, 0.25) is 0 Å². The molecule has 2 aromatic carbocycles. The van der Waals surface area contributed by atoms with E-state index in [4.69, 9.17) is 13.9 Å². The summed E-state index contributed by atoms with van der Waals surface area (Å²) in [6.07, 6.45) is 1.24. The van der Waals surface area contributed by atoms with Gasteiger partial charge in [0.15, 0.2) is 11.3 Å². The fraction of sp³-hybridized carbons (Fsp3) is 0.174. The third kappa shape index (κ3) is 4.28. The molecule has 1 aliphatic rings. The Labute approximate surface area is 177 Å². The van der Waals surface area contributed by atoms with Crippen molar-refractivity contribution in [3.05, 3.63) is 71.6 Å². The normalized spacial score (nSPS) is 15.3. The van der Waals surface area contributed by atoms with Crippen LogP contribution in [0.3, 0.4) is 0 Å². The van der Waals surface area contributed by atoms with Crippen LogP contribution in [-0.4, -0.2) is 23.6 Å². The summed E-state index contributed by atoms with van der Waals surface area (Å²) >= 11 is 0. The van der Waals surface area contributed by atoms with E-state index >= 15 is 0 Å². The average Bonchev–Trinajstić information content (AvgIpc) is 3.13. The minimum absolute atomic E-state index is 0.213. The highest BCUT2D eigenvalue weighted by Gasteiger charge is 2.38. The SMILES string of the molecule is Cc1cc(NC=C2C(=O)OC(C)(C)OC2=O)ccc1NC(=O)c1cc2ccccc2o1. The summed E-state index contributed by atoms with van der Waals surface area (Å²) in [5, 5.41) is 6.54. The number of ether oxygens (including phenoxy) is 2. The van der Waals surface area contributed by atoms with Gasteiger partial charge in [-0.2, -0.15) is 0 Å². The van der Waals surface area contributed by atoms with Crippen LogP contribution in [0.1, 0.15) is 30.0 Å². The van der Waals surface area contributed by atoms with E-state index in [9.17, 15) is 14.4 Å². The summed E-state index contributed by atoms with van der Waals surface area (Å²) in [5.74, 6) is -2.97. The van der Waals surface area contributed by atoms with Crippen LogP contribution in [0.5, 0.6) is 0 Å². The van der Waals surface area contributed by atoms with Crippen LogP contribution in [0.4, 0.5) is 11.4 Å². The zero-order valence-electron chi connectivity index (χ0n) is 17.1. The number of hydrogen-bond donors (Lipinski definition) is 2. The molecule has 0 bridgehead atoms. The maximum Gasteiger partial charge on any atom is 0.350 e. The fourth-order valence-electron chi connectivity index (χ4n) is 3.11. The van der Waals surface area contributed by atoms with Gasteiger partial charge in [-0.3, -0.25) is 4.79 Å². The molecular weight excluding hydrogens is 400 g/mol. The maximum absolute atomic E-state index is 12.5. The molecule has 0 aliphatic carbocycles. The Hall–Kier alpha value is -4.07. The third-order valence-electron chi connectivity index (χ3n) is 4.62. The van der Waals surface area contributed by atoms with Crippen LogP contribution >= 0.6 is 0 Å². The molecule has 8 nitrogen and oxygen atoms in total. The number of benzene rings is 2. The average molecular weight is 420 g/mol. The Morgan fingerprint density at radius 2 is 1.71 bits per heavy atom. The Kier molecular flexibility index (Phi) is 4.98. The number of hydrogen-bond acceptors (Lipinski definition) is 7. The van der Waals surface area contributed by atoms with E-state index in [0.29, 0.717) is 17.0 Å². The number of amides is 1. The van der Waals surface area contributed by atoms with Crippen molar-refractivity contribution < 1.29 is 28.3 Å². The summed E-state index contributed by atoms with van der Waals surface area (Å²) in [6, 6.07) is 14.2. The predicted octanol–water partition coefficient (Wildman–Crippen LogP) is 4.13. The van der Waals surface area contributed by atoms with Gasteiger partial charge in [-0.25, -0.2) is 9.59 Å². The molecule has 2 N–H and O–H groups in total. The first-order valence-electron chi connectivity index (χ1n) is 9.56. The molecule has 1 aromatic heterocycles. The topological polar surface area (TPSA) is 107 Å². The second-order valence-corrected chi connectivity index (χ2v) is 7.51. The highest BCUT2D eigenvalue weighted by molar-refractivity contribution is 6.15. The van der Waals surface area contributed by atoms with E-state index in [-0.39, 0.29) is 17.2 Å². The summed E-state index contributed by atoms with van der Waals surface area (Å²) < 4.78 is 15.7. The first-order valence-corrected chi connectivity index (χ1v) is 9.56. The molecule has 0 unspecified atom stereocenters. The van der Waals surface area contributed by atoms with Gasteiger partial charge in [-0.05, 0) is 42.8 Å². The predicted molar refractivity (Wildman–Crippen MR) is 113 cm³/mol. The van der Waals surface area contributed by atoms with E-state index < -0.39 is 17.7 Å². The Morgan fingerprint density at radius 1 is 1.00 bits per heavy atom. The molecule has 0 saturated carbocycles. The van der Waals surface area contributed by atoms with E-state index in [1.807, 2.05) is 25.1 Å². The Morgan fingerprint density at radius 3 is 2.39 bits per heavy atom. The van der Waals surface area contributed by atoms with Crippen molar-refractivity contribution in [3.8, 4) is 0 Å². The number of cyclic esters (lactones) is 2. The number of nitrogens with one attached hydrogen (secondary N) is 2. The zero-order valence-corrected chi connectivity index (χ0v) is 17.1. The number of fused-ring (bicyclic) bond motifs is 1. The lowest BCUT2D eigenvalue weighted by Gasteiger charge is -2.29. The molecule has 1 aliphatic heterocycles. The van der Waals surface area contributed by atoms with Gasteiger partial charge in [-0.15, -0.1) is 0 Å². The monoisotopic (exact) mass is 420 g/mol. The summed E-state index contributed by atoms with van der Waals surface area (Å²) in [4.78, 5) is 36.5. The first kappa shape index (κ1) is 20.2. The number of anilines is 2. The standard InChI is InChI=1S/C23H20N2O6/c1-13-10-15(24-12-16-21(27)30-23(2,3)31-22(16)28)8-9-17(13)25-20(26)19-11-14-6-4-5-7-18(14)29-19/h4-12,24H,1-3H3,(H,25,26). The molecule has 1 amide bonds. The van der Waals surface area contributed by atoms with Crippen LogP contribution in [-0.2, 0) is 19.1 Å². The van der Waals surface area contributed by atoms with Gasteiger partial charge in [0, 0.05) is 36.8 Å². The van der Waals surface area contributed by atoms with E-state index in [0.717, 1.165) is 10.9 Å². The van der Waals surface area contributed by atoms with Gasteiger partial charge in [0.25, 0.3) is 11.7 Å². The smallest absolute Gasteiger partial charge is 0.350 e. The van der Waals surface area contributed by atoms with Gasteiger partial charge < -0.3 is 24.5 Å². The molecule has 0 spiro atoms. The second kappa shape index (κ2) is 7.64. The highest BCUT2D eigenvalue weighted by atomic mass is 16.7. The number of carbonyl (C=O) groups is 3. The maximum atomic E-state index is 12.5. The quantitative estimate of drug-likeness (QED) is 0.371. The molecule has 31 heavy (non-hydrogen) atoms. The number of esters is 2. The molecule has 1 fully saturated rings. The summed E-state index contributed by atoms with van der Waals surface area (Å²) in [6.45, 7) is 4.78. The highest BCUT2D eigenvalue weighted by Crippen LogP contribution is 2.25. The van der Waals surface area contributed by atoms with Crippen molar-refractivity contribution in [2.45, 2.75) is 26.6 Å². The number of carbonyl (C=O) groups excluding carboxylic acids is 3. The van der Waals surface area contributed by atoms with Crippen molar-refractivity contribution in [2.75, 3.05) is 10.6 Å². The fourth-order valence-corrected chi connectivity index (χ4v) is 3.11. The summed E-state index contributed by atoms with van der Waals surface area (Å²) in [5.41, 5.74) is 2.38. The van der Waals surface area contributed by atoms with Crippen molar-refractivity contribution in [1.29, 1.82) is 0 Å². The first-order chi connectivity index (χ1) is 14.7. The third-order valence-corrected chi connectivity index (χ3v) is 4.62. The lowest BCUT2D eigenvalue weighted by atomic mass is 10.1. The van der Waals surface area contributed by atoms with Gasteiger partial charge in [-0.1, -0.05) is 18.2 Å². The number of aryl methyl sites for hydroxylation is 1. The molecule has 0 radical (unpaired) electrons. The lowest BCUT2D eigenvalue weighted by Crippen LogP contribution is -2.42. The van der Waals surface area contributed by atoms with E-state index in [1.165, 1.54) is 20.0 Å². The largest absolute Gasteiger partial charge is 0.451 e. The number of furan rings is 1. The zero-order chi connectivity index (χ0) is 22.2.